The minimum Gasteiger partial charge on any atom is -0.744 e. The van der Waals surface area contributed by atoms with Crippen LogP contribution in [-0.4, -0.2) is 13.0 Å². The molecule has 0 heterocycles. The van der Waals surface area contributed by atoms with Crippen molar-refractivity contribution in [1.82, 2.24) is 0 Å². The van der Waals surface area contributed by atoms with Crippen LogP contribution < -0.4 is 29.6 Å². The molecule has 2 rings (SSSR count). The van der Waals surface area contributed by atoms with Crippen molar-refractivity contribution in [3.63, 3.8) is 0 Å². The molecule has 2 aromatic rings. The molecule has 100 valence electrons. The Labute approximate surface area is 141 Å². The molecule has 0 aliphatic rings. The molecule has 3 nitrogen and oxygen atoms in total. The SMILES string of the molecule is O=S(=O)([O-])c1cc(Sc2ccc(F)cc2)ccc1F.[Na+]. The average Bonchev–Trinajstić information content (AvgIpc) is 2.33. The molecule has 0 aromatic heterocycles. The predicted octanol–water partition coefficient (Wildman–Crippen LogP) is 0.0241. The van der Waals surface area contributed by atoms with E-state index >= 15 is 0 Å². The third-order valence-electron chi connectivity index (χ3n) is 2.22. The van der Waals surface area contributed by atoms with Gasteiger partial charge >= 0.3 is 29.6 Å². The Hall–Kier alpha value is -0.440. The summed E-state index contributed by atoms with van der Waals surface area (Å²) in [5, 5.41) is 0. The Morgan fingerprint density at radius 2 is 1.50 bits per heavy atom. The number of benzene rings is 2. The molecule has 0 fully saturated rings. The molecular formula is C12H7F2NaO3S2. The second-order valence-electron chi connectivity index (χ2n) is 3.60. The molecule has 0 N–H and O–H groups in total. The maximum absolute atomic E-state index is 13.2. The Bertz CT molecular complexity index is 703. The quantitative estimate of drug-likeness (QED) is 0.590. The van der Waals surface area contributed by atoms with Crippen LogP contribution in [0, 0.1) is 11.6 Å². The Kier molecular flexibility index (Phi) is 6.18. The van der Waals surface area contributed by atoms with Gasteiger partial charge in [0.1, 0.15) is 21.8 Å². The van der Waals surface area contributed by atoms with Gasteiger partial charge in [-0.3, -0.25) is 0 Å². The minimum atomic E-state index is -4.85. The van der Waals surface area contributed by atoms with Crippen LogP contribution in [0.25, 0.3) is 0 Å². The summed E-state index contributed by atoms with van der Waals surface area (Å²) in [6, 6.07) is 8.71. The molecule has 0 bridgehead atoms. The third-order valence-corrected chi connectivity index (χ3v) is 4.07. The van der Waals surface area contributed by atoms with Crippen LogP contribution >= 0.6 is 11.8 Å². The minimum absolute atomic E-state index is 0. The van der Waals surface area contributed by atoms with Crippen LogP contribution in [0.15, 0.2) is 57.2 Å². The summed E-state index contributed by atoms with van der Waals surface area (Å²) in [4.78, 5) is 0.129. The van der Waals surface area contributed by atoms with Gasteiger partial charge in [-0.1, -0.05) is 11.8 Å². The molecule has 8 heteroatoms. The van der Waals surface area contributed by atoms with Gasteiger partial charge in [0.15, 0.2) is 0 Å². The fourth-order valence-corrected chi connectivity index (χ4v) is 2.89. The summed E-state index contributed by atoms with van der Waals surface area (Å²) >= 11 is 1.10. The number of halogens is 2. The van der Waals surface area contributed by atoms with E-state index in [0.29, 0.717) is 9.79 Å². The number of rotatable bonds is 3. The summed E-state index contributed by atoms with van der Waals surface area (Å²) in [6.07, 6.45) is 0. The van der Waals surface area contributed by atoms with Gasteiger partial charge in [0.05, 0.1) is 4.90 Å². The van der Waals surface area contributed by atoms with E-state index in [9.17, 15) is 21.8 Å². The van der Waals surface area contributed by atoms with Gasteiger partial charge in [-0.05, 0) is 42.5 Å². The van der Waals surface area contributed by atoms with Crippen LogP contribution in [-0.2, 0) is 10.1 Å². The summed E-state index contributed by atoms with van der Waals surface area (Å²) in [7, 11) is -4.85. The van der Waals surface area contributed by atoms with E-state index < -0.39 is 26.6 Å². The van der Waals surface area contributed by atoms with Gasteiger partial charge in [-0.25, -0.2) is 17.2 Å². The Balaban J connectivity index is 0.00000200. The summed E-state index contributed by atoms with van der Waals surface area (Å²) in [6.45, 7) is 0. The van der Waals surface area contributed by atoms with Crippen molar-refractivity contribution in [2.45, 2.75) is 14.7 Å². The predicted molar refractivity (Wildman–Crippen MR) is 64.9 cm³/mol. The van der Waals surface area contributed by atoms with Gasteiger partial charge in [-0.2, -0.15) is 0 Å². The van der Waals surface area contributed by atoms with E-state index in [1.807, 2.05) is 0 Å². The Morgan fingerprint density at radius 3 is 2.05 bits per heavy atom. The van der Waals surface area contributed by atoms with Gasteiger partial charge in [0.2, 0.25) is 0 Å². The molecule has 0 radical (unpaired) electrons. The largest absolute Gasteiger partial charge is 1.00 e. The van der Waals surface area contributed by atoms with Crippen molar-refractivity contribution < 1.29 is 51.3 Å². The average molecular weight is 324 g/mol. The number of hydrogen-bond donors (Lipinski definition) is 0. The standard InChI is InChI=1S/C12H8F2O3S2.Na/c13-8-1-3-9(4-2-8)18-10-5-6-11(14)12(7-10)19(15,16)17;/h1-7H,(H,15,16,17);/q;+1/p-1. The second kappa shape index (κ2) is 7.02. The molecule has 0 aliphatic carbocycles. The Morgan fingerprint density at radius 1 is 0.950 bits per heavy atom. The molecule has 0 amide bonds. The normalized spacial score (nSPS) is 10.9. The maximum atomic E-state index is 13.2. The van der Waals surface area contributed by atoms with Crippen LogP contribution in [0.2, 0.25) is 0 Å². The zero-order valence-corrected chi connectivity index (χ0v) is 14.0. The first kappa shape index (κ1) is 17.6. The fraction of sp³-hybridized carbons (Fsp3) is 0. The van der Waals surface area contributed by atoms with Crippen molar-refractivity contribution in [2.75, 3.05) is 0 Å². The van der Waals surface area contributed by atoms with Crippen LogP contribution in [0.3, 0.4) is 0 Å². The van der Waals surface area contributed by atoms with Crippen molar-refractivity contribution in [3.8, 4) is 0 Å². The van der Waals surface area contributed by atoms with E-state index in [1.54, 1.807) is 0 Å². The summed E-state index contributed by atoms with van der Waals surface area (Å²) < 4.78 is 58.5. The van der Waals surface area contributed by atoms with Crippen LogP contribution in [0.1, 0.15) is 0 Å². The van der Waals surface area contributed by atoms with E-state index in [2.05, 4.69) is 0 Å². The molecule has 0 unspecified atom stereocenters. The van der Waals surface area contributed by atoms with Gasteiger partial charge in [0, 0.05) is 9.79 Å². The summed E-state index contributed by atoms with van der Waals surface area (Å²) in [5.74, 6) is -1.48. The zero-order valence-electron chi connectivity index (χ0n) is 10.3. The van der Waals surface area contributed by atoms with Crippen molar-refractivity contribution >= 4 is 21.9 Å². The van der Waals surface area contributed by atoms with Crippen LogP contribution in [0.4, 0.5) is 8.78 Å². The topological polar surface area (TPSA) is 57.2 Å². The van der Waals surface area contributed by atoms with Gasteiger partial charge in [0.25, 0.3) is 0 Å². The van der Waals surface area contributed by atoms with E-state index in [-0.39, 0.29) is 29.6 Å². The first-order valence-corrected chi connectivity index (χ1v) is 7.27. The molecule has 0 saturated heterocycles. The van der Waals surface area contributed by atoms with Gasteiger partial charge in [-0.15, -0.1) is 0 Å². The molecular weight excluding hydrogens is 317 g/mol. The van der Waals surface area contributed by atoms with E-state index in [4.69, 9.17) is 0 Å². The van der Waals surface area contributed by atoms with Gasteiger partial charge < -0.3 is 4.55 Å². The first-order valence-electron chi connectivity index (χ1n) is 5.05. The summed E-state index contributed by atoms with van der Waals surface area (Å²) in [5.41, 5.74) is 0. The van der Waals surface area contributed by atoms with Crippen LogP contribution in [0.5, 0.6) is 0 Å². The first-order chi connectivity index (χ1) is 8.86. The van der Waals surface area contributed by atoms with E-state index in [1.165, 1.54) is 30.3 Å². The van der Waals surface area contributed by atoms with Crippen molar-refractivity contribution in [2.24, 2.45) is 0 Å². The molecule has 2 aromatic carbocycles. The van der Waals surface area contributed by atoms with Crippen molar-refractivity contribution in [3.05, 3.63) is 54.1 Å². The monoisotopic (exact) mass is 324 g/mol. The van der Waals surface area contributed by atoms with Crippen molar-refractivity contribution in [1.29, 1.82) is 0 Å². The third kappa shape index (κ3) is 4.54. The molecule has 0 saturated carbocycles. The zero-order chi connectivity index (χ0) is 14.0. The smallest absolute Gasteiger partial charge is 0.744 e. The molecule has 0 aliphatic heterocycles. The number of hydrogen-bond acceptors (Lipinski definition) is 4. The molecule has 20 heavy (non-hydrogen) atoms. The van der Waals surface area contributed by atoms with E-state index in [0.717, 1.165) is 23.9 Å². The second-order valence-corrected chi connectivity index (χ2v) is 6.10. The molecule has 0 spiro atoms. The molecule has 0 atom stereocenters. The maximum Gasteiger partial charge on any atom is 1.00 e. The fourth-order valence-electron chi connectivity index (χ4n) is 1.38.